The van der Waals surface area contributed by atoms with Crippen molar-refractivity contribution in [1.29, 1.82) is 0 Å². The molecular formula is C16H14BrFO3. The number of hydrogen-bond donors (Lipinski definition) is 0. The van der Waals surface area contributed by atoms with E-state index in [1.54, 1.807) is 6.07 Å². The molecule has 0 saturated heterocycles. The first-order chi connectivity index (χ1) is 10.0. The van der Waals surface area contributed by atoms with E-state index in [-0.39, 0.29) is 12.2 Å². The van der Waals surface area contributed by atoms with E-state index in [4.69, 9.17) is 4.74 Å². The first kappa shape index (κ1) is 15.5. The van der Waals surface area contributed by atoms with Crippen molar-refractivity contribution in [2.24, 2.45) is 0 Å². The fourth-order valence-electron chi connectivity index (χ4n) is 1.81. The molecule has 0 aliphatic carbocycles. The zero-order valence-corrected chi connectivity index (χ0v) is 13.2. The Balaban J connectivity index is 2.10. The van der Waals surface area contributed by atoms with Gasteiger partial charge in [0.25, 0.3) is 0 Å². The number of benzene rings is 2. The SMILES string of the molecule is COC(=O)c1ccc(COc2ccc(C)cc2Br)cc1F. The second-order valence-corrected chi connectivity index (χ2v) is 5.38. The van der Waals surface area contributed by atoms with Crippen molar-refractivity contribution in [2.45, 2.75) is 13.5 Å². The Morgan fingerprint density at radius 1 is 1.24 bits per heavy atom. The van der Waals surface area contributed by atoms with Gasteiger partial charge in [0.2, 0.25) is 0 Å². The van der Waals surface area contributed by atoms with Crippen LogP contribution in [-0.4, -0.2) is 13.1 Å². The number of halogens is 2. The first-order valence-electron chi connectivity index (χ1n) is 6.27. The molecule has 0 atom stereocenters. The van der Waals surface area contributed by atoms with Crippen molar-refractivity contribution >= 4 is 21.9 Å². The largest absolute Gasteiger partial charge is 0.488 e. The van der Waals surface area contributed by atoms with E-state index in [2.05, 4.69) is 20.7 Å². The molecule has 3 nitrogen and oxygen atoms in total. The van der Waals surface area contributed by atoms with Gasteiger partial charge in [0.15, 0.2) is 0 Å². The summed E-state index contributed by atoms with van der Waals surface area (Å²) < 4.78 is 24.7. The maximum atomic E-state index is 13.8. The summed E-state index contributed by atoms with van der Waals surface area (Å²) in [4.78, 5) is 11.3. The van der Waals surface area contributed by atoms with Gasteiger partial charge >= 0.3 is 5.97 Å². The van der Waals surface area contributed by atoms with Crippen molar-refractivity contribution in [1.82, 2.24) is 0 Å². The van der Waals surface area contributed by atoms with Gasteiger partial charge in [-0.05, 0) is 58.2 Å². The van der Waals surface area contributed by atoms with E-state index in [9.17, 15) is 9.18 Å². The number of carbonyl (C=O) groups excluding carboxylic acids is 1. The van der Waals surface area contributed by atoms with Crippen molar-refractivity contribution in [3.8, 4) is 5.75 Å². The van der Waals surface area contributed by atoms with Gasteiger partial charge in [0.05, 0.1) is 17.1 Å². The lowest BCUT2D eigenvalue weighted by Crippen LogP contribution is -2.05. The Bertz CT molecular complexity index is 671. The molecule has 0 amide bonds. The molecule has 0 aliphatic rings. The van der Waals surface area contributed by atoms with Gasteiger partial charge < -0.3 is 9.47 Å². The summed E-state index contributed by atoms with van der Waals surface area (Å²) in [5.74, 6) is -0.634. The molecule has 0 aliphatic heterocycles. The molecule has 0 unspecified atom stereocenters. The molecule has 0 bridgehead atoms. The summed E-state index contributed by atoms with van der Waals surface area (Å²) in [5.41, 5.74) is 1.66. The Morgan fingerprint density at radius 3 is 2.62 bits per heavy atom. The molecule has 0 saturated carbocycles. The van der Waals surface area contributed by atoms with Gasteiger partial charge in [0, 0.05) is 0 Å². The molecule has 0 heterocycles. The zero-order chi connectivity index (χ0) is 15.4. The van der Waals surface area contributed by atoms with Gasteiger partial charge in [-0.2, -0.15) is 0 Å². The van der Waals surface area contributed by atoms with Gasteiger partial charge in [-0.15, -0.1) is 0 Å². The fourth-order valence-corrected chi connectivity index (χ4v) is 2.42. The third-order valence-electron chi connectivity index (χ3n) is 2.92. The van der Waals surface area contributed by atoms with E-state index >= 15 is 0 Å². The molecule has 2 aromatic rings. The predicted molar refractivity (Wildman–Crippen MR) is 81.0 cm³/mol. The number of hydrogen-bond acceptors (Lipinski definition) is 3. The maximum Gasteiger partial charge on any atom is 0.340 e. The van der Waals surface area contributed by atoms with Gasteiger partial charge in [-0.25, -0.2) is 9.18 Å². The van der Waals surface area contributed by atoms with E-state index in [0.717, 1.165) is 10.0 Å². The Labute approximate surface area is 130 Å². The summed E-state index contributed by atoms with van der Waals surface area (Å²) in [6.07, 6.45) is 0. The zero-order valence-electron chi connectivity index (χ0n) is 11.7. The van der Waals surface area contributed by atoms with Crippen LogP contribution in [0.15, 0.2) is 40.9 Å². The van der Waals surface area contributed by atoms with Crippen LogP contribution in [0.5, 0.6) is 5.75 Å². The van der Waals surface area contributed by atoms with E-state index < -0.39 is 11.8 Å². The molecule has 0 N–H and O–H groups in total. The van der Waals surface area contributed by atoms with Crippen LogP contribution in [0.25, 0.3) is 0 Å². The van der Waals surface area contributed by atoms with E-state index in [1.165, 1.54) is 19.2 Å². The summed E-state index contributed by atoms with van der Waals surface area (Å²) in [5, 5.41) is 0. The highest BCUT2D eigenvalue weighted by atomic mass is 79.9. The minimum Gasteiger partial charge on any atom is -0.488 e. The fraction of sp³-hybridized carbons (Fsp3) is 0.188. The van der Waals surface area contributed by atoms with Gasteiger partial charge in [0.1, 0.15) is 18.2 Å². The molecule has 5 heteroatoms. The lowest BCUT2D eigenvalue weighted by Gasteiger charge is -2.10. The third kappa shape index (κ3) is 3.82. The average Bonchev–Trinajstić information content (AvgIpc) is 2.45. The minimum atomic E-state index is -0.693. The van der Waals surface area contributed by atoms with Gasteiger partial charge in [-0.3, -0.25) is 0 Å². The summed E-state index contributed by atoms with van der Waals surface area (Å²) in [6.45, 7) is 2.19. The van der Waals surface area contributed by atoms with Gasteiger partial charge in [-0.1, -0.05) is 12.1 Å². The molecular weight excluding hydrogens is 339 g/mol. The summed E-state index contributed by atoms with van der Waals surface area (Å²) in [7, 11) is 1.22. The highest BCUT2D eigenvalue weighted by molar-refractivity contribution is 9.10. The van der Waals surface area contributed by atoms with Crippen molar-refractivity contribution in [3.05, 3.63) is 63.4 Å². The number of esters is 1. The van der Waals surface area contributed by atoms with Crippen LogP contribution in [0.2, 0.25) is 0 Å². The lowest BCUT2D eigenvalue weighted by atomic mass is 10.1. The topological polar surface area (TPSA) is 35.5 Å². The number of rotatable bonds is 4. The van der Waals surface area contributed by atoms with Crippen LogP contribution in [0, 0.1) is 12.7 Å². The number of carbonyl (C=O) groups is 1. The Morgan fingerprint density at radius 2 is 2.00 bits per heavy atom. The molecule has 0 radical (unpaired) electrons. The lowest BCUT2D eigenvalue weighted by molar-refractivity contribution is 0.0595. The second kappa shape index (κ2) is 6.72. The second-order valence-electron chi connectivity index (χ2n) is 4.53. The predicted octanol–water partition coefficient (Wildman–Crippen LogP) is 4.26. The quantitative estimate of drug-likeness (QED) is 0.771. The number of aryl methyl sites for hydroxylation is 1. The van der Waals surface area contributed by atoms with Crippen LogP contribution in [0.1, 0.15) is 21.5 Å². The number of methoxy groups -OCH3 is 1. The van der Waals surface area contributed by atoms with E-state index in [1.807, 2.05) is 25.1 Å². The van der Waals surface area contributed by atoms with Crippen LogP contribution in [0.3, 0.4) is 0 Å². The first-order valence-corrected chi connectivity index (χ1v) is 7.06. The highest BCUT2D eigenvalue weighted by Crippen LogP contribution is 2.26. The molecule has 0 spiro atoms. The standard InChI is InChI=1S/C16H14BrFO3/c1-10-3-6-15(13(17)7-10)21-9-11-4-5-12(14(18)8-11)16(19)20-2/h3-8H,9H2,1-2H3. The Hall–Kier alpha value is -1.88. The average molecular weight is 353 g/mol. The molecule has 21 heavy (non-hydrogen) atoms. The smallest absolute Gasteiger partial charge is 0.340 e. The molecule has 0 fully saturated rings. The molecule has 2 rings (SSSR count). The van der Waals surface area contributed by atoms with Crippen LogP contribution >= 0.6 is 15.9 Å². The molecule has 2 aromatic carbocycles. The third-order valence-corrected chi connectivity index (χ3v) is 3.54. The van der Waals surface area contributed by atoms with Crippen LogP contribution in [0.4, 0.5) is 4.39 Å². The van der Waals surface area contributed by atoms with Crippen molar-refractivity contribution in [2.75, 3.05) is 7.11 Å². The van der Waals surface area contributed by atoms with Crippen LogP contribution in [-0.2, 0) is 11.3 Å². The van der Waals surface area contributed by atoms with Crippen molar-refractivity contribution < 1.29 is 18.7 Å². The number of ether oxygens (including phenoxy) is 2. The normalized spacial score (nSPS) is 10.3. The summed E-state index contributed by atoms with van der Waals surface area (Å²) >= 11 is 3.41. The van der Waals surface area contributed by atoms with E-state index in [0.29, 0.717) is 11.3 Å². The maximum absolute atomic E-state index is 13.8. The molecule has 110 valence electrons. The van der Waals surface area contributed by atoms with Crippen molar-refractivity contribution in [3.63, 3.8) is 0 Å². The Kier molecular flexibility index (Phi) is 4.96. The monoisotopic (exact) mass is 352 g/mol. The summed E-state index contributed by atoms with van der Waals surface area (Å²) in [6, 6.07) is 10.0. The highest BCUT2D eigenvalue weighted by Gasteiger charge is 2.12. The molecule has 0 aromatic heterocycles. The van der Waals surface area contributed by atoms with Crippen LogP contribution < -0.4 is 4.74 Å². The minimum absolute atomic E-state index is 0.0854.